The van der Waals surface area contributed by atoms with Crippen molar-refractivity contribution in [2.75, 3.05) is 0 Å². The third-order valence-corrected chi connectivity index (χ3v) is 10.2. The van der Waals surface area contributed by atoms with Gasteiger partial charge in [0, 0.05) is 27.8 Å². The lowest BCUT2D eigenvalue weighted by atomic mass is 9.93. The Labute approximate surface area is 324 Å². The van der Waals surface area contributed by atoms with Gasteiger partial charge in [-0.1, -0.05) is 176 Å². The quantitative estimate of drug-likeness (QED) is 0.120. The molecule has 260 valence electrons. The van der Waals surface area contributed by atoms with Gasteiger partial charge in [0.25, 0.3) is 0 Å². The fraction of sp³-hybridized carbons (Fsp3) is 0. The Morgan fingerprint density at radius 2 is 0.964 bits per heavy atom. The van der Waals surface area contributed by atoms with E-state index in [4.69, 9.17) is 20.8 Å². The van der Waals surface area contributed by atoms with E-state index in [1.807, 2.05) is 121 Å². The molecule has 0 bridgehead atoms. The van der Waals surface area contributed by atoms with Crippen LogP contribution >= 0.6 is 11.8 Å². The van der Waals surface area contributed by atoms with Crippen molar-refractivity contribution in [3.8, 4) is 73.4 Å². The normalized spacial score (nSPS) is 10.7. The van der Waals surface area contributed by atoms with Crippen molar-refractivity contribution in [3.63, 3.8) is 0 Å². The SMILES string of the molecule is N#Cc1cccc(-c2ccc(-c3cc(-c4ccccc4)nc(-c4ccccc4-c4cccc(-c5ccccc5C(=N)SC(=N)c5ccccc5)c4)n3)cc2)c1. The molecule has 8 aromatic rings. The summed E-state index contributed by atoms with van der Waals surface area (Å²) >= 11 is 1.15. The summed E-state index contributed by atoms with van der Waals surface area (Å²) in [6, 6.07) is 64.3. The van der Waals surface area contributed by atoms with Crippen molar-refractivity contribution < 1.29 is 0 Å². The molecule has 6 heteroatoms. The number of aromatic nitrogens is 2. The van der Waals surface area contributed by atoms with Gasteiger partial charge in [0.1, 0.15) is 10.1 Å². The maximum atomic E-state index is 9.41. The van der Waals surface area contributed by atoms with Crippen molar-refractivity contribution in [1.29, 1.82) is 16.1 Å². The molecule has 0 aliphatic rings. The molecule has 8 rings (SSSR count). The summed E-state index contributed by atoms with van der Waals surface area (Å²) in [5, 5.41) is 27.7. The molecular formula is C49H33N5S. The fourth-order valence-corrected chi connectivity index (χ4v) is 7.34. The van der Waals surface area contributed by atoms with Crippen molar-refractivity contribution >= 4 is 21.8 Å². The second-order valence-electron chi connectivity index (χ2n) is 12.9. The van der Waals surface area contributed by atoms with Crippen LogP contribution in [0.4, 0.5) is 0 Å². The van der Waals surface area contributed by atoms with E-state index in [2.05, 4.69) is 72.8 Å². The van der Waals surface area contributed by atoms with Crippen LogP contribution in [0.1, 0.15) is 16.7 Å². The highest BCUT2D eigenvalue weighted by atomic mass is 32.2. The topological polar surface area (TPSA) is 97.3 Å². The zero-order valence-corrected chi connectivity index (χ0v) is 30.5. The van der Waals surface area contributed by atoms with Crippen LogP contribution in [0.15, 0.2) is 188 Å². The van der Waals surface area contributed by atoms with E-state index in [1.54, 1.807) is 0 Å². The number of benzene rings is 7. The molecule has 0 radical (unpaired) electrons. The highest BCUT2D eigenvalue weighted by molar-refractivity contribution is 8.27. The molecule has 7 aromatic carbocycles. The number of nitrogens with zero attached hydrogens (tertiary/aromatic N) is 3. The molecule has 55 heavy (non-hydrogen) atoms. The molecule has 0 saturated carbocycles. The lowest BCUT2D eigenvalue weighted by Gasteiger charge is -2.15. The Hall–Kier alpha value is -7.20. The van der Waals surface area contributed by atoms with E-state index < -0.39 is 0 Å². The maximum absolute atomic E-state index is 9.41. The van der Waals surface area contributed by atoms with Gasteiger partial charge in [-0.15, -0.1) is 0 Å². The third-order valence-electron chi connectivity index (χ3n) is 9.37. The van der Waals surface area contributed by atoms with Crippen molar-refractivity contribution in [1.82, 2.24) is 9.97 Å². The zero-order valence-electron chi connectivity index (χ0n) is 29.6. The largest absolute Gasteiger partial charge is 0.293 e. The number of rotatable bonds is 8. The molecule has 1 heterocycles. The minimum absolute atomic E-state index is 0.317. The molecule has 2 N–H and O–H groups in total. The molecule has 0 amide bonds. The minimum Gasteiger partial charge on any atom is -0.293 e. The van der Waals surface area contributed by atoms with Gasteiger partial charge >= 0.3 is 0 Å². The molecule has 0 spiro atoms. The van der Waals surface area contributed by atoms with Crippen LogP contribution in [-0.4, -0.2) is 20.1 Å². The van der Waals surface area contributed by atoms with Crippen molar-refractivity contribution in [2.45, 2.75) is 0 Å². The summed E-state index contributed by atoms with van der Waals surface area (Å²) in [5.74, 6) is 0.612. The standard InChI is InChI=1S/C49H33N5S/c50-32-33-13-11-18-38(29-33)34-25-27-36(28-26-34)46-31-45(35-14-3-1-4-15-35)53-49(54-46)44-24-10-8-22-42(44)40-20-12-19-39(30-40)41-21-7-9-23-43(41)48(52)55-47(51)37-16-5-2-6-17-37/h1-31,51-52H. The Morgan fingerprint density at radius 1 is 0.436 bits per heavy atom. The van der Waals surface area contributed by atoms with Gasteiger partial charge in [-0.2, -0.15) is 5.26 Å². The van der Waals surface area contributed by atoms with Crippen LogP contribution in [0, 0.1) is 22.1 Å². The van der Waals surface area contributed by atoms with E-state index in [9.17, 15) is 5.26 Å². The van der Waals surface area contributed by atoms with Crippen molar-refractivity contribution in [3.05, 3.63) is 205 Å². The monoisotopic (exact) mass is 723 g/mol. The van der Waals surface area contributed by atoms with Crippen LogP contribution in [0.25, 0.3) is 67.3 Å². The number of nitriles is 1. The molecule has 0 atom stereocenters. The van der Waals surface area contributed by atoms with Gasteiger partial charge in [-0.25, -0.2) is 9.97 Å². The molecule has 0 unspecified atom stereocenters. The Balaban J connectivity index is 1.17. The first-order valence-corrected chi connectivity index (χ1v) is 18.6. The van der Waals surface area contributed by atoms with Gasteiger partial charge in [0.2, 0.25) is 0 Å². The summed E-state index contributed by atoms with van der Waals surface area (Å²) in [6.45, 7) is 0. The summed E-state index contributed by atoms with van der Waals surface area (Å²) in [7, 11) is 0. The molecule has 0 aliphatic carbocycles. The van der Waals surface area contributed by atoms with Crippen LogP contribution in [0.5, 0.6) is 0 Å². The van der Waals surface area contributed by atoms with Gasteiger partial charge in [-0.3, -0.25) is 10.8 Å². The predicted molar refractivity (Wildman–Crippen MR) is 227 cm³/mol. The summed E-state index contributed by atoms with van der Waals surface area (Å²) in [5.41, 5.74) is 12.5. The average molecular weight is 724 g/mol. The van der Waals surface area contributed by atoms with Crippen LogP contribution in [0.3, 0.4) is 0 Å². The van der Waals surface area contributed by atoms with E-state index >= 15 is 0 Å². The number of thioether (sulfide) groups is 1. The van der Waals surface area contributed by atoms with Gasteiger partial charge in [0.05, 0.1) is 23.0 Å². The average Bonchev–Trinajstić information content (AvgIpc) is 3.27. The summed E-state index contributed by atoms with van der Waals surface area (Å²) in [4.78, 5) is 10.3. The first-order chi connectivity index (χ1) is 27.0. The molecule has 5 nitrogen and oxygen atoms in total. The number of hydrogen-bond acceptors (Lipinski definition) is 6. The maximum Gasteiger partial charge on any atom is 0.161 e. The van der Waals surface area contributed by atoms with E-state index in [0.29, 0.717) is 21.5 Å². The lowest BCUT2D eigenvalue weighted by molar-refractivity contribution is 1.18. The smallest absolute Gasteiger partial charge is 0.161 e. The Bertz CT molecular complexity index is 2720. The molecular weight excluding hydrogens is 691 g/mol. The van der Waals surface area contributed by atoms with Gasteiger partial charge < -0.3 is 0 Å². The first-order valence-electron chi connectivity index (χ1n) is 17.8. The highest BCUT2D eigenvalue weighted by Crippen LogP contribution is 2.37. The Kier molecular flexibility index (Phi) is 10.0. The summed E-state index contributed by atoms with van der Waals surface area (Å²) in [6.07, 6.45) is 0. The zero-order chi connectivity index (χ0) is 37.6. The number of nitrogens with one attached hydrogen (secondary N) is 2. The molecule has 0 fully saturated rings. The van der Waals surface area contributed by atoms with Gasteiger partial charge in [-0.05, 0) is 57.6 Å². The van der Waals surface area contributed by atoms with Gasteiger partial charge in [0.15, 0.2) is 5.82 Å². The highest BCUT2D eigenvalue weighted by Gasteiger charge is 2.17. The van der Waals surface area contributed by atoms with Crippen LogP contribution in [-0.2, 0) is 0 Å². The van der Waals surface area contributed by atoms with Crippen LogP contribution in [0.2, 0.25) is 0 Å². The van der Waals surface area contributed by atoms with Crippen LogP contribution < -0.4 is 0 Å². The molecule has 1 aromatic heterocycles. The third kappa shape index (κ3) is 7.65. The molecule has 0 aliphatic heterocycles. The fourth-order valence-electron chi connectivity index (χ4n) is 6.60. The van der Waals surface area contributed by atoms with E-state index in [1.165, 1.54) is 0 Å². The lowest BCUT2D eigenvalue weighted by Crippen LogP contribution is -2.03. The van der Waals surface area contributed by atoms with E-state index in [-0.39, 0.29) is 0 Å². The Morgan fingerprint density at radius 3 is 1.67 bits per heavy atom. The van der Waals surface area contributed by atoms with E-state index in [0.717, 1.165) is 84.3 Å². The second kappa shape index (κ2) is 15.8. The van der Waals surface area contributed by atoms with Crippen molar-refractivity contribution in [2.24, 2.45) is 0 Å². The predicted octanol–water partition coefficient (Wildman–Crippen LogP) is 12.4. The minimum atomic E-state index is 0.317. The number of hydrogen-bond donors (Lipinski definition) is 2. The first kappa shape index (κ1) is 34.9. The summed E-state index contributed by atoms with van der Waals surface area (Å²) < 4.78 is 0. The second-order valence-corrected chi connectivity index (χ2v) is 13.9. The molecule has 0 saturated heterocycles.